The summed E-state index contributed by atoms with van der Waals surface area (Å²) in [7, 11) is 0. The van der Waals surface area contributed by atoms with Gasteiger partial charge in [-0.3, -0.25) is 0 Å². The van der Waals surface area contributed by atoms with Gasteiger partial charge in [-0.05, 0) is 250 Å². The summed E-state index contributed by atoms with van der Waals surface area (Å²) < 4.78 is 0. The van der Waals surface area contributed by atoms with E-state index in [-0.39, 0.29) is 65.0 Å². The number of rotatable bonds is 6. The molecule has 0 fully saturated rings. The minimum atomic E-state index is -0.225. The van der Waals surface area contributed by atoms with Crippen molar-refractivity contribution in [2.75, 3.05) is 0 Å². The number of hydrogen-bond donors (Lipinski definition) is 4. The topological polar surface area (TPSA) is 115 Å². The van der Waals surface area contributed by atoms with Gasteiger partial charge in [-0.2, -0.15) is 0 Å². The van der Waals surface area contributed by atoms with Gasteiger partial charge in [-0.1, -0.05) is 358 Å². The summed E-state index contributed by atoms with van der Waals surface area (Å²) >= 11 is 0. The molecule has 16 bridgehead atoms. The highest BCUT2D eigenvalue weighted by Crippen LogP contribution is 2.51. The van der Waals surface area contributed by atoms with Gasteiger partial charge in [0.15, 0.2) is 0 Å². The molecule has 0 unspecified atom stereocenters. The van der Waals surface area contributed by atoms with E-state index in [0.29, 0.717) is 0 Å². The fraction of sp³-hybridized carbons (Fsp3) is 0.387. The van der Waals surface area contributed by atoms with Gasteiger partial charge >= 0.3 is 0 Å². The number of nitrogens with one attached hydrogen (secondary N) is 4. The summed E-state index contributed by atoms with van der Waals surface area (Å²) in [4.78, 5) is 42.3. The van der Waals surface area contributed by atoms with E-state index in [1.54, 1.807) is 0 Å². The van der Waals surface area contributed by atoms with Gasteiger partial charge in [-0.25, -0.2) is 19.9 Å². The number of hydrogen-bond acceptors (Lipinski definition) is 4. The molecule has 17 rings (SSSR count). The van der Waals surface area contributed by atoms with E-state index in [9.17, 15) is 0 Å². The number of aromatic amines is 4. The van der Waals surface area contributed by atoms with Gasteiger partial charge in [-0.15, -0.1) is 0 Å². The van der Waals surface area contributed by atoms with Crippen LogP contribution in [0.2, 0.25) is 0 Å². The molecule has 7 aromatic carbocycles. The molecular formula is C124H144N8. The first kappa shape index (κ1) is 92.4. The lowest BCUT2D eigenvalue weighted by Gasteiger charge is -2.26. The summed E-state index contributed by atoms with van der Waals surface area (Å²) in [5.74, 6) is 0. The molecule has 0 radical (unpaired) electrons. The van der Waals surface area contributed by atoms with Crippen LogP contribution in [0.15, 0.2) is 158 Å². The summed E-state index contributed by atoms with van der Waals surface area (Å²) in [6.45, 7) is 84.3. The van der Waals surface area contributed by atoms with Crippen molar-refractivity contribution in [3.63, 3.8) is 0 Å². The zero-order valence-corrected chi connectivity index (χ0v) is 86.3. The minimum absolute atomic E-state index is 0.177. The predicted molar refractivity (Wildman–Crippen MR) is 574 cm³/mol. The number of benzene rings is 7. The number of fused-ring (bicyclic) bond motifs is 18. The normalized spacial score (nSPS) is 14.0. The Kier molecular flexibility index (Phi) is 21.7. The third-order valence-electron chi connectivity index (χ3n) is 28.0. The Morgan fingerprint density at radius 3 is 0.629 bits per heavy atom. The summed E-state index contributed by atoms with van der Waals surface area (Å²) in [5.41, 5.74) is 39.5. The van der Waals surface area contributed by atoms with Crippen LogP contribution in [-0.2, 0) is 65.0 Å². The van der Waals surface area contributed by atoms with E-state index in [2.05, 4.69) is 463 Å². The molecule has 132 heavy (non-hydrogen) atoms. The maximum absolute atomic E-state index is 6.44. The van der Waals surface area contributed by atoms with Crippen molar-refractivity contribution in [3.8, 4) is 66.8 Å². The molecule has 8 heteroatoms. The Labute approximate surface area is 787 Å². The van der Waals surface area contributed by atoms with Crippen LogP contribution in [0.3, 0.4) is 0 Å². The maximum atomic E-state index is 6.44. The van der Waals surface area contributed by atoms with E-state index < -0.39 is 0 Å². The van der Waals surface area contributed by atoms with E-state index >= 15 is 0 Å². The Morgan fingerprint density at radius 2 is 0.379 bits per heavy atom. The second kappa shape index (κ2) is 31.1. The monoisotopic (exact) mass is 1750 g/mol. The lowest BCUT2D eigenvalue weighted by molar-refractivity contribution is 0.568. The fourth-order valence-electron chi connectivity index (χ4n) is 19.2. The summed E-state index contributed by atoms with van der Waals surface area (Å²) in [5, 5.41) is 3.85. The average Bonchev–Trinajstić information content (AvgIpc) is 1.55. The van der Waals surface area contributed by atoms with Gasteiger partial charge < -0.3 is 19.9 Å². The molecule has 7 aromatic heterocycles. The van der Waals surface area contributed by atoms with Crippen molar-refractivity contribution < 1.29 is 0 Å². The van der Waals surface area contributed by atoms with Crippen LogP contribution < -0.4 is 0 Å². The number of nitrogens with zero attached hydrogens (tertiary/aromatic N) is 4. The third-order valence-corrected chi connectivity index (χ3v) is 28.0. The third kappa shape index (κ3) is 17.4. The molecule has 0 amide bonds. The molecule has 0 saturated carbocycles. The second-order valence-corrected chi connectivity index (χ2v) is 51.2. The molecule has 3 aliphatic rings. The number of aromatic nitrogens is 8. The SMILES string of the molecule is CC(C)(C)c1cc(-c2c3nc(c(-c4cc(C(C)(C)C)cc(C(C)(C)C)c4)c4cc5c([nH]4)c(c4nc(c(-c6cc(C(C)(C)C)cc(C(C)(C)C)c6)c6ccc2[nH]6)C=C4)c2cc4nc2c5c2ccc([nH]2)c(-c2cc(C(C)(C)C)cc(C(C)(C)C)c2)c2nc(c(-c5cc(C(C)(C)C)cc(C(C)(C)C)c5)c5ccc([nH]5)c4-c4cc(C(C)(C)C)cc(C(C)(C)C)c4)C=C2)C=C3)cc(C(C)(C)C)c1. The highest BCUT2D eigenvalue weighted by atomic mass is 14.8. The van der Waals surface area contributed by atoms with E-state index in [1.807, 2.05) is 0 Å². The molecule has 10 heterocycles. The summed E-state index contributed by atoms with van der Waals surface area (Å²) in [6, 6.07) is 62.6. The minimum Gasteiger partial charge on any atom is -0.354 e. The van der Waals surface area contributed by atoms with Gasteiger partial charge in [0.25, 0.3) is 0 Å². The van der Waals surface area contributed by atoms with Crippen LogP contribution in [0.4, 0.5) is 0 Å². The molecular weight excluding hydrogens is 1600 g/mol. The van der Waals surface area contributed by atoms with Crippen LogP contribution in [0, 0.1) is 0 Å². The van der Waals surface area contributed by atoms with E-state index in [4.69, 9.17) is 19.9 Å². The van der Waals surface area contributed by atoms with Crippen molar-refractivity contribution in [2.24, 2.45) is 0 Å². The summed E-state index contributed by atoms with van der Waals surface area (Å²) in [6.07, 6.45) is 13.7. The Bertz CT molecular complexity index is 7320. The Morgan fingerprint density at radius 1 is 0.174 bits per heavy atom. The van der Waals surface area contributed by atoms with Gasteiger partial charge in [0.2, 0.25) is 0 Å². The Balaban J connectivity index is 1.17. The molecule has 4 N–H and O–H groups in total. The van der Waals surface area contributed by atoms with Crippen molar-refractivity contribution >= 4 is 113 Å². The molecule has 680 valence electrons. The number of H-pyrrole nitrogens is 4. The molecule has 3 aliphatic heterocycles. The molecule has 0 saturated heterocycles. The molecule has 0 spiro atoms. The predicted octanol–water partition coefficient (Wildman–Crippen LogP) is 35.0. The second-order valence-electron chi connectivity index (χ2n) is 51.2. The Hall–Kier alpha value is -11.5. The highest BCUT2D eigenvalue weighted by molar-refractivity contribution is 6.31. The highest BCUT2D eigenvalue weighted by Gasteiger charge is 2.34. The standard InChI is InChI=1S/C124H144N8/c1-113(2,3)75-49-69(50-76(61-75)114(4,5)6)103-89-37-39-91(125-89)105(71-53-79(117(13,14)15)63-80(54-71)118(16,17)18)95-45-47-99(129-95)110-88-68-102-108(74-59-85(123(31,32)33)66-86(60-74)124(34,35)36)98-44-42-94(128-98)104(70-51-77(115(7,8)9)62-78(52-70)116(10,11)12)90-38-40-92(126-90)106(72-55-81(119(19,20)21)64-82(56-72)120(22,23)24)96-46-48-100(130-96)109(112(88)132-102)87-67-101(131-111(87)110)107(97-43-41-93(103)127-97)73-57-83(121(25,26)27)65-84(58-73)122(28,29)30/h37-68,125,128,130-131H,1-36H3. The largest absolute Gasteiger partial charge is 0.354 e. The van der Waals surface area contributed by atoms with Crippen LogP contribution in [0.25, 0.3) is 180 Å². The lowest BCUT2D eigenvalue weighted by Crippen LogP contribution is -2.16. The zero-order valence-electron chi connectivity index (χ0n) is 86.3. The van der Waals surface area contributed by atoms with Gasteiger partial charge in [0, 0.05) is 93.5 Å². The first-order valence-electron chi connectivity index (χ1n) is 48.3. The molecule has 0 atom stereocenters. The van der Waals surface area contributed by atoms with Crippen LogP contribution in [0.5, 0.6) is 0 Å². The zero-order chi connectivity index (χ0) is 95.7. The molecule has 0 aliphatic carbocycles. The van der Waals surface area contributed by atoms with E-state index in [1.165, 1.54) is 66.8 Å². The lowest BCUT2D eigenvalue weighted by atomic mass is 9.78. The van der Waals surface area contributed by atoms with E-state index in [0.717, 1.165) is 178 Å². The van der Waals surface area contributed by atoms with Crippen molar-refractivity contribution in [1.29, 1.82) is 0 Å². The maximum Gasteiger partial charge on any atom is 0.0817 e. The smallest absolute Gasteiger partial charge is 0.0817 e. The quantitative estimate of drug-likeness (QED) is 0.133. The van der Waals surface area contributed by atoms with Crippen molar-refractivity contribution in [3.05, 3.63) is 259 Å². The van der Waals surface area contributed by atoms with Crippen molar-refractivity contribution in [2.45, 2.75) is 314 Å². The fourth-order valence-corrected chi connectivity index (χ4v) is 19.2. The first-order chi connectivity index (χ1) is 60.9. The van der Waals surface area contributed by atoms with Gasteiger partial charge in [0.1, 0.15) is 0 Å². The molecule has 14 aromatic rings. The molecule has 8 nitrogen and oxygen atoms in total. The first-order valence-corrected chi connectivity index (χ1v) is 48.3. The van der Waals surface area contributed by atoms with Crippen LogP contribution in [-0.4, -0.2) is 39.9 Å². The average molecular weight is 1750 g/mol. The van der Waals surface area contributed by atoms with Crippen LogP contribution >= 0.6 is 0 Å². The van der Waals surface area contributed by atoms with Gasteiger partial charge in [0.05, 0.1) is 50.7 Å². The van der Waals surface area contributed by atoms with Crippen LogP contribution in [0.1, 0.15) is 350 Å². The van der Waals surface area contributed by atoms with Crippen molar-refractivity contribution in [1.82, 2.24) is 39.9 Å².